The highest BCUT2D eigenvalue weighted by Crippen LogP contribution is 2.03. The molecule has 94 valence electrons. The number of ether oxygens (including phenoxy) is 1. The Morgan fingerprint density at radius 1 is 1.41 bits per heavy atom. The minimum atomic E-state index is -0.254. The minimum Gasteiger partial charge on any atom is -0.462 e. The fourth-order valence-electron chi connectivity index (χ4n) is 1.43. The van der Waals surface area contributed by atoms with Gasteiger partial charge in [0.2, 0.25) is 0 Å². The Morgan fingerprint density at radius 3 is 2.88 bits per heavy atom. The summed E-state index contributed by atoms with van der Waals surface area (Å²) in [6.07, 6.45) is 11.2. The molecule has 1 aromatic rings. The number of hydrogen-bond acceptors (Lipinski definition) is 3. The first-order valence-corrected chi connectivity index (χ1v) is 6.07. The normalized spacial score (nSPS) is 11.5. The first-order valence-electron chi connectivity index (χ1n) is 6.07. The fourth-order valence-corrected chi connectivity index (χ4v) is 1.43. The van der Waals surface area contributed by atoms with Gasteiger partial charge in [0.25, 0.3) is 0 Å². The summed E-state index contributed by atoms with van der Waals surface area (Å²) in [5.74, 6) is -0.254. The lowest BCUT2D eigenvalue weighted by atomic mass is 10.2. The molecule has 1 aromatic heterocycles. The predicted molar refractivity (Wildman–Crippen MR) is 67.3 cm³/mol. The lowest BCUT2D eigenvalue weighted by molar-refractivity contribution is -0.139. The van der Waals surface area contributed by atoms with Crippen molar-refractivity contribution in [1.82, 2.24) is 9.55 Å². The summed E-state index contributed by atoms with van der Waals surface area (Å²) in [7, 11) is 0. The largest absolute Gasteiger partial charge is 0.462 e. The number of carbonyl (C=O) groups excluding carboxylic acids is 1. The molecule has 1 rings (SSSR count). The Balaban J connectivity index is 2.27. The van der Waals surface area contributed by atoms with E-state index in [1.54, 1.807) is 36.4 Å². The summed E-state index contributed by atoms with van der Waals surface area (Å²) in [5.41, 5.74) is 0.582. The smallest absolute Gasteiger partial charge is 0.335 e. The molecule has 0 aliphatic carbocycles. The van der Waals surface area contributed by atoms with Crippen molar-refractivity contribution in [2.24, 2.45) is 0 Å². The van der Waals surface area contributed by atoms with Gasteiger partial charge in [0.05, 0.1) is 18.5 Å². The van der Waals surface area contributed by atoms with Crippen LogP contribution in [0.4, 0.5) is 0 Å². The number of hydrogen-bond donors (Lipinski definition) is 0. The van der Waals surface area contributed by atoms with Gasteiger partial charge in [0.1, 0.15) is 0 Å². The van der Waals surface area contributed by atoms with E-state index in [9.17, 15) is 4.79 Å². The highest BCUT2D eigenvalue weighted by molar-refractivity contribution is 5.90. The second-order valence-electron chi connectivity index (χ2n) is 4.02. The maximum Gasteiger partial charge on any atom is 0.335 e. The maximum atomic E-state index is 11.6. The number of aromatic nitrogens is 2. The summed E-state index contributed by atoms with van der Waals surface area (Å²) in [5, 5.41) is 0. The van der Waals surface area contributed by atoms with Crippen LogP contribution in [-0.4, -0.2) is 22.1 Å². The molecule has 0 saturated carbocycles. The Kier molecular flexibility index (Phi) is 6.07. The molecule has 0 radical (unpaired) electrons. The van der Waals surface area contributed by atoms with Crippen LogP contribution in [0.3, 0.4) is 0 Å². The van der Waals surface area contributed by atoms with Gasteiger partial charge in [0, 0.05) is 18.6 Å². The molecule has 0 aliphatic heterocycles. The van der Waals surface area contributed by atoms with Crippen molar-refractivity contribution < 1.29 is 9.53 Å². The van der Waals surface area contributed by atoms with Crippen molar-refractivity contribution >= 4 is 12.2 Å². The van der Waals surface area contributed by atoms with Crippen LogP contribution in [-0.2, 0) is 9.53 Å². The van der Waals surface area contributed by atoms with Gasteiger partial charge in [-0.15, -0.1) is 0 Å². The van der Waals surface area contributed by atoms with Crippen molar-refractivity contribution in [2.75, 3.05) is 6.61 Å². The molecule has 0 bridgehead atoms. The zero-order chi connectivity index (χ0) is 12.5. The molecule has 17 heavy (non-hydrogen) atoms. The van der Waals surface area contributed by atoms with Gasteiger partial charge in [-0.2, -0.15) is 0 Å². The number of rotatable bonds is 7. The van der Waals surface area contributed by atoms with Gasteiger partial charge in [-0.25, -0.2) is 9.78 Å². The molecule has 0 aliphatic rings. The van der Waals surface area contributed by atoms with Gasteiger partial charge in [-0.05, 0) is 13.3 Å². The molecular weight excluding hydrogens is 216 g/mol. The molecule has 4 nitrogen and oxygen atoms in total. The minimum absolute atomic E-state index is 0.254. The number of unbranched alkanes of at least 4 members (excludes halogenated alkanes) is 3. The molecule has 0 atom stereocenters. The van der Waals surface area contributed by atoms with Gasteiger partial charge in [-0.3, -0.25) is 0 Å². The van der Waals surface area contributed by atoms with E-state index < -0.39 is 0 Å². The fraction of sp³-hybridized carbons (Fsp3) is 0.538. The van der Waals surface area contributed by atoms with Crippen molar-refractivity contribution in [3.63, 3.8) is 0 Å². The number of esters is 1. The van der Waals surface area contributed by atoms with Gasteiger partial charge >= 0.3 is 5.97 Å². The van der Waals surface area contributed by atoms with Crippen LogP contribution in [0.1, 0.15) is 39.5 Å². The van der Waals surface area contributed by atoms with E-state index in [2.05, 4.69) is 11.9 Å². The van der Waals surface area contributed by atoms with Crippen molar-refractivity contribution in [3.8, 4) is 0 Å². The molecule has 0 unspecified atom stereocenters. The van der Waals surface area contributed by atoms with E-state index in [0.29, 0.717) is 12.2 Å². The zero-order valence-corrected chi connectivity index (χ0v) is 10.6. The summed E-state index contributed by atoms with van der Waals surface area (Å²) >= 11 is 0. The van der Waals surface area contributed by atoms with Crippen LogP contribution in [0.25, 0.3) is 6.20 Å². The van der Waals surface area contributed by atoms with Crippen LogP contribution in [0.15, 0.2) is 24.3 Å². The molecule has 0 amide bonds. The Morgan fingerprint density at radius 2 is 2.24 bits per heavy atom. The second kappa shape index (κ2) is 7.65. The lowest BCUT2D eigenvalue weighted by Gasteiger charge is -2.04. The van der Waals surface area contributed by atoms with E-state index in [1.165, 1.54) is 12.8 Å². The molecule has 0 N–H and O–H groups in total. The van der Waals surface area contributed by atoms with Crippen LogP contribution in [0.5, 0.6) is 0 Å². The molecule has 0 saturated heterocycles. The van der Waals surface area contributed by atoms with Crippen LogP contribution < -0.4 is 0 Å². The molecule has 0 fully saturated rings. The summed E-state index contributed by atoms with van der Waals surface area (Å²) in [6.45, 7) is 4.41. The molecule has 0 aromatic carbocycles. The Labute approximate surface area is 102 Å². The van der Waals surface area contributed by atoms with E-state index in [4.69, 9.17) is 4.74 Å². The third kappa shape index (κ3) is 5.33. The average molecular weight is 236 g/mol. The summed E-state index contributed by atoms with van der Waals surface area (Å²) < 4.78 is 6.89. The van der Waals surface area contributed by atoms with E-state index in [1.807, 2.05) is 0 Å². The molecule has 0 spiro atoms. The van der Waals surface area contributed by atoms with Gasteiger partial charge in [-0.1, -0.05) is 26.2 Å². The van der Waals surface area contributed by atoms with Crippen LogP contribution in [0, 0.1) is 0 Å². The quantitative estimate of drug-likeness (QED) is 0.415. The van der Waals surface area contributed by atoms with Gasteiger partial charge < -0.3 is 9.30 Å². The third-order valence-electron chi connectivity index (χ3n) is 2.42. The summed E-state index contributed by atoms with van der Waals surface area (Å²) in [4.78, 5) is 15.5. The van der Waals surface area contributed by atoms with Crippen LogP contribution >= 0.6 is 0 Å². The average Bonchev–Trinajstić information content (AvgIpc) is 2.81. The van der Waals surface area contributed by atoms with Crippen molar-refractivity contribution in [2.45, 2.75) is 39.5 Å². The van der Waals surface area contributed by atoms with Crippen molar-refractivity contribution in [1.29, 1.82) is 0 Å². The summed E-state index contributed by atoms with van der Waals surface area (Å²) in [6, 6.07) is 0. The molecular formula is C13H20N2O2. The van der Waals surface area contributed by atoms with Crippen molar-refractivity contribution in [3.05, 3.63) is 24.3 Å². The Bertz CT molecular complexity index is 356. The topological polar surface area (TPSA) is 44.1 Å². The number of nitrogens with zero attached hydrogens (tertiary/aromatic N) is 2. The van der Waals surface area contributed by atoms with Gasteiger partial charge in [0.15, 0.2) is 0 Å². The van der Waals surface area contributed by atoms with Crippen LogP contribution in [0.2, 0.25) is 0 Å². The van der Waals surface area contributed by atoms with E-state index in [-0.39, 0.29) is 5.97 Å². The maximum absolute atomic E-state index is 11.6. The highest BCUT2D eigenvalue weighted by atomic mass is 16.5. The first-order chi connectivity index (χ1) is 8.24. The number of imidazole rings is 1. The monoisotopic (exact) mass is 236 g/mol. The number of carbonyl (C=O) groups is 1. The Hall–Kier alpha value is -1.58. The predicted octanol–water partition coefficient (Wildman–Crippen LogP) is 2.87. The SMILES string of the molecule is CCCCCCOC(=O)C(C)=Cn1ccnc1. The lowest BCUT2D eigenvalue weighted by Crippen LogP contribution is -2.07. The molecule has 1 heterocycles. The standard InChI is InChI=1S/C13H20N2O2/c1-3-4-5-6-9-17-13(16)12(2)10-15-8-7-14-11-15/h7-8,10-11H,3-6,9H2,1-2H3. The highest BCUT2D eigenvalue weighted by Gasteiger charge is 2.05. The zero-order valence-electron chi connectivity index (χ0n) is 10.6. The third-order valence-corrected chi connectivity index (χ3v) is 2.42. The first kappa shape index (κ1) is 13.5. The second-order valence-corrected chi connectivity index (χ2v) is 4.02. The van der Waals surface area contributed by atoms with E-state index >= 15 is 0 Å². The molecule has 4 heteroatoms. The van der Waals surface area contributed by atoms with E-state index in [0.717, 1.165) is 12.8 Å².